The van der Waals surface area contributed by atoms with E-state index in [1.54, 1.807) is 12.1 Å². The summed E-state index contributed by atoms with van der Waals surface area (Å²) in [5, 5.41) is 9.26. The van der Waals surface area contributed by atoms with Gasteiger partial charge >= 0.3 is 5.97 Å². The fourth-order valence-corrected chi connectivity index (χ4v) is 2.67. The molecule has 0 bridgehead atoms. The van der Waals surface area contributed by atoms with Gasteiger partial charge in [-0.15, -0.1) is 0 Å². The van der Waals surface area contributed by atoms with Crippen molar-refractivity contribution in [3.05, 3.63) is 35.9 Å². The second-order valence-electron chi connectivity index (χ2n) is 5.52. The Bertz CT molecular complexity index is 432. The van der Waals surface area contributed by atoms with Crippen LogP contribution in [0.4, 0.5) is 0 Å². The molecule has 4 heteroatoms. The van der Waals surface area contributed by atoms with E-state index in [1.807, 2.05) is 18.2 Å². The molecule has 0 unspecified atom stereocenters. The van der Waals surface area contributed by atoms with Crippen LogP contribution >= 0.6 is 0 Å². The van der Waals surface area contributed by atoms with Crippen LogP contribution in [0, 0.1) is 0 Å². The number of aliphatic hydroxyl groups is 1. The van der Waals surface area contributed by atoms with Gasteiger partial charge in [0.05, 0.1) is 24.4 Å². The normalized spacial score (nSPS) is 25.0. The van der Waals surface area contributed by atoms with Gasteiger partial charge in [-0.05, 0) is 18.6 Å². The lowest BCUT2D eigenvalue weighted by Gasteiger charge is -2.19. The zero-order valence-electron chi connectivity index (χ0n) is 12.5. The first-order chi connectivity index (χ1) is 10.2. The van der Waals surface area contributed by atoms with Crippen LogP contribution in [0.5, 0.6) is 0 Å². The summed E-state index contributed by atoms with van der Waals surface area (Å²) < 4.78 is 11.4. The predicted octanol–water partition coefficient (Wildman–Crippen LogP) is 2.94. The van der Waals surface area contributed by atoms with E-state index < -0.39 is 0 Å². The van der Waals surface area contributed by atoms with E-state index in [-0.39, 0.29) is 30.9 Å². The monoisotopic (exact) mass is 292 g/mol. The van der Waals surface area contributed by atoms with Crippen molar-refractivity contribution in [2.75, 3.05) is 6.61 Å². The Morgan fingerprint density at radius 3 is 2.76 bits per heavy atom. The molecule has 1 aliphatic rings. The van der Waals surface area contributed by atoms with Crippen LogP contribution in [-0.2, 0) is 9.47 Å². The molecule has 1 aliphatic heterocycles. The van der Waals surface area contributed by atoms with E-state index in [4.69, 9.17) is 9.47 Å². The first kappa shape index (κ1) is 16.0. The number of rotatable bonds is 7. The van der Waals surface area contributed by atoms with E-state index >= 15 is 0 Å². The molecule has 0 saturated carbocycles. The van der Waals surface area contributed by atoms with Gasteiger partial charge in [-0.25, -0.2) is 4.79 Å². The van der Waals surface area contributed by atoms with E-state index in [2.05, 4.69) is 6.92 Å². The number of carbonyl (C=O) groups excluding carboxylic acids is 1. The molecule has 0 radical (unpaired) electrons. The van der Waals surface area contributed by atoms with E-state index in [9.17, 15) is 9.90 Å². The maximum absolute atomic E-state index is 12.1. The van der Waals surface area contributed by atoms with Gasteiger partial charge in [0.15, 0.2) is 0 Å². The zero-order valence-corrected chi connectivity index (χ0v) is 12.5. The highest BCUT2D eigenvalue weighted by Gasteiger charge is 2.37. The summed E-state index contributed by atoms with van der Waals surface area (Å²) in [7, 11) is 0. The summed E-state index contributed by atoms with van der Waals surface area (Å²) in [5.74, 6) is -0.316. The summed E-state index contributed by atoms with van der Waals surface area (Å²) in [6.45, 7) is 2.13. The van der Waals surface area contributed by atoms with Crippen molar-refractivity contribution in [2.45, 2.75) is 57.3 Å². The largest absolute Gasteiger partial charge is 0.456 e. The van der Waals surface area contributed by atoms with Gasteiger partial charge < -0.3 is 14.6 Å². The quantitative estimate of drug-likeness (QED) is 0.620. The number of hydrogen-bond acceptors (Lipinski definition) is 4. The van der Waals surface area contributed by atoms with Crippen LogP contribution < -0.4 is 0 Å². The van der Waals surface area contributed by atoms with Crippen LogP contribution in [0.15, 0.2) is 30.3 Å². The third-order valence-electron chi connectivity index (χ3n) is 3.84. The van der Waals surface area contributed by atoms with Crippen LogP contribution in [0.2, 0.25) is 0 Å². The molecule has 116 valence electrons. The molecule has 0 spiro atoms. The highest BCUT2D eigenvalue weighted by molar-refractivity contribution is 5.89. The van der Waals surface area contributed by atoms with Gasteiger partial charge in [0.25, 0.3) is 0 Å². The van der Waals surface area contributed by atoms with Gasteiger partial charge in [0, 0.05) is 6.42 Å². The fraction of sp³-hybridized carbons (Fsp3) is 0.588. The topological polar surface area (TPSA) is 55.8 Å². The van der Waals surface area contributed by atoms with Gasteiger partial charge in [-0.3, -0.25) is 0 Å². The number of unbranched alkanes of at least 4 members (excludes halogenated alkanes) is 2. The Morgan fingerprint density at radius 2 is 2.10 bits per heavy atom. The zero-order chi connectivity index (χ0) is 15.1. The van der Waals surface area contributed by atoms with Gasteiger partial charge in [0.1, 0.15) is 6.10 Å². The molecule has 1 N–H and O–H groups in total. The van der Waals surface area contributed by atoms with Crippen molar-refractivity contribution >= 4 is 5.97 Å². The maximum Gasteiger partial charge on any atom is 0.338 e. The summed E-state index contributed by atoms with van der Waals surface area (Å²) in [6, 6.07) is 8.99. The first-order valence-electron chi connectivity index (χ1n) is 7.77. The van der Waals surface area contributed by atoms with Crippen LogP contribution in [0.1, 0.15) is 49.4 Å². The predicted molar refractivity (Wildman–Crippen MR) is 80.2 cm³/mol. The molecule has 0 aliphatic carbocycles. The molecule has 0 aromatic heterocycles. The lowest BCUT2D eigenvalue weighted by Crippen LogP contribution is -2.27. The van der Waals surface area contributed by atoms with Crippen molar-refractivity contribution in [1.29, 1.82) is 0 Å². The highest BCUT2D eigenvalue weighted by Crippen LogP contribution is 2.27. The third-order valence-corrected chi connectivity index (χ3v) is 3.84. The third kappa shape index (κ3) is 4.55. The second kappa shape index (κ2) is 8.15. The van der Waals surface area contributed by atoms with Crippen molar-refractivity contribution < 1.29 is 19.4 Å². The first-order valence-corrected chi connectivity index (χ1v) is 7.77. The number of ether oxygens (including phenoxy) is 2. The van der Waals surface area contributed by atoms with Crippen molar-refractivity contribution in [3.63, 3.8) is 0 Å². The van der Waals surface area contributed by atoms with Crippen molar-refractivity contribution in [3.8, 4) is 0 Å². The van der Waals surface area contributed by atoms with E-state index in [0.717, 1.165) is 25.7 Å². The molecule has 2 rings (SSSR count). The minimum Gasteiger partial charge on any atom is -0.456 e. The molecule has 4 nitrogen and oxygen atoms in total. The van der Waals surface area contributed by atoms with E-state index in [0.29, 0.717) is 12.0 Å². The van der Waals surface area contributed by atoms with Gasteiger partial charge in [-0.1, -0.05) is 44.4 Å². The minimum absolute atomic E-state index is 0.0241. The smallest absolute Gasteiger partial charge is 0.338 e. The summed E-state index contributed by atoms with van der Waals surface area (Å²) in [4.78, 5) is 12.1. The molecule has 1 saturated heterocycles. The van der Waals surface area contributed by atoms with Gasteiger partial charge in [0.2, 0.25) is 0 Å². The summed E-state index contributed by atoms with van der Waals surface area (Å²) in [5.41, 5.74) is 0.553. The Labute approximate surface area is 126 Å². The summed E-state index contributed by atoms with van der Waals surface area (Å²) >= 11 is 0. The molecule has 1 heterocycles. The molecular weight excluding hydrogens is 268 g/mol. The molecule has 1 aromatic rings. The molecule has 3 atom stereocenters. The molecular formula is C17H24O4. The fourth-order valence-electron chi connectivity index (χ4n) is 2.67. The van der Waals surface area contributed by atoms with Gasteiger partial charge in [-0.2, -0.15) is 0 Å². The molecule has 1 aromatic carbocycles. The van der Waals surface area contributed by atoms with Crippen LogP contribution in [0.3, 0.4) is 0 Å². The summed E-state index contributed by atoms with van der Waals surface area (Å²) in [6.07, 6.45) is 4.22. The Balaban J connectivity index is 1.93. The lowest BCUT2D eigenvalue weighted by molar-refractivity contribution is -0.0256. The van der Waals surface area contributed by atoms with Crippen LogP contribution in [-0.4, -0.2) is 36.0 Å². The number of aliphatic hydroxyl groups excluding tert-OH is 1. The average Bonchev–Trinajstić information content (AvgIpc) is 2.90. The molecule has 1 fully saturated rings. The Kier molecular flexibility index (Phi) is 6.21. The maximum atomic E-state index is 12.1. The lowest BCUT2D eigenvalue weighted by atomic mass is 10.0. The van der Waals surface area contributed by atoms with Crippen molar-refractivity contribution in [2.24, 2.45) is 0 Å². The van der Waals surface area contributed by atoms with Crippen molar-refractivity contribution in [1.82, 2.24) is 0 Å². The van der Waals surface area contributed by atoms with E-state index in [1.165, 1.54) is 0 Å². The molecule has 21 heavy (non-hydrogen) atoms. The number of hydrogen-bond donors (Lipinski definition) is 1. The Hall–Kier alpha value is -1.39. The standard InChI is InChI=1S/C17H24O4/c1-2-3-5-10-15-16(11-14(12-18)20-15)21-17(19)13-8-6-4-7-9-13/h4,6-9,14-16,18H,2-3,5,10-12H2,1H3/t14-,15+,16-/m0/s1. The second-order valence-corrected chi connectivity index (χ2v) is 5.52. The average molecular weight is 292 g/mol. The number of carbonyl (C=O) groups is 1. The number of benzene rings is 1. The number of esters is 1. The highest BCUT2D eigenvalue weighted by atomic mass is 16.6. The minimum atomic E-state index is -0.316. The SMILES string of the molecule is CCCCC[C@H]1O[C@H](CO)C[C@@H]1OC(=O)c1ccccc1. The molecule has 0 amide bonds. The van der Waals surface area contributed by atoms with Crippen LogP contribution in [0.25, 0.3) is 0 Å². The Morgan fingerprint density at radius 1 is 1.33 bits per heavy atom.